The highest BCUT2D eigenvalue weighted by molar-refractivity contribution is 14.1. The van der Waals surface area contributed by atoms with Crippen molar-refractivity contribution >= 4 is 40.3 Å². The fourth-order valence-electron chi connectivity index (χ4n) is 1.76. The Labute approximate surface area is 129 Å². The summed E-state index contributed by atoms with van der Waals surface area (Å²) in [6.45, 7) is 4.01. The number of carboxylic acid groups (broad SMARTS) is 1. The van der Waals surface area contributed by atoms with Crippen LogP contribution in [0.4, 0.5) is 0 Å². The molecule has 0 spiro atoms. The minimum Gasteiger partial charge on any atom is -0.481 e. The number of hydrogen-bond acceptors (Lipinski definition) is 3. The Morgan fingerprint density at radius 3 is 2.89 bits per heavy atom. The van der Waals surface area contributed by atoms with Gasteiger partial charge in [-0.2, -0.15) is 0 Å². The Kier molecular flexibility index (Phi) is 4.51. The summed E-state index contributed by atoms with van der Waals surface area (Å²) in [5.41, 5.74) is 3.19. The van der Waals surface area contributed by atoms with Crippen molar-refractivity contribution in [3.05, 3.63) is 39.2 Å². The van der Waals surface area contributed by atoms with Gasteiger partial charge in [-0.1, -0.05) is 17.8 Å². The zero-order valence-corrected chi connectivity index (χ0v) is 13.5. The molecule has 1 aromatic carbocycles. The van der Waals surface area contributed by atoms with Crippen LogP contribution in [0.15, 0.2) is 29.6 Å². The van der Waals surface area contributed by atoms with Gasteiger partial charge in [0.25, 0.3) is 0 Å². The average Bonchev–Trinajstić information content (AvgIpc) is 2.71. The van der Waals surface area contributed by atoms with Gasteiger partial charge in [0.1, 0.15) is 0 Å². The van der Waals surface area contributed by atoms with Gasteiger partial charge in [0, 0.05) is 15.5 Å². The normalized spacial score (nSPS) is 10.7. The standard InChI is InChI=1S/C13H13IN2O2S/c1-8-3-4-10(14)5-11(8)16-9(2)6-15-13(16)19-7-12(17)18/h3-6H,7H2,1-2H3,(H,17,18). The zero-order valence-electron chi connectivity index (χ0n) is 10.6. The lowest BCUT2D eigenvalue weighted by Gasteiger charge is -2.12. The van der Waals surface area contributed by atoms with E-state index in [1.54, 1.807) is 6.20 Å². The summed E-state index contributed by atoms with van der Waals surface area (Å²) in [4.78, 5) is 15.0. The van der Waals surface area contributed by atoms with Crippen LogP contribution < -0.4 is 0 Å². The molecular weight excluding hydrogens is 375 g/mol. The molecular formula is C13H13IN2O2S. The molecule has 1 heterocycles. The molecule has 0 bridgehead atoms. The van der Waals surface area contributed by atoms with Gasteiger partial charge < -0.3 is 5.11 Å². The maximum atomic E-state index is 10.7. The van der Waals surface area contributed by atoms with Crippen molar-refractivity contribution in [2.75, 3.05) is 5.75 Å². The maximum Gasteiger partial charge on any atom is 0.313 e. The summed E-state index contributed by atoms with van der Waals surface area (Å²) in [5.74, 6) is -0.823. The first-order valence-electron chi connectivity index (χ1n) is 5.64. The Balaban J connectivity index is 2.46. The van der Waals surface area contributed by atoms with E-state index in [0.717, 1.165) is 20.5 Å². The highest BCUT2D eigenvalue weighted by Gasteiger charge is 2.13. The van der Waals surface area contributed by atoms with Crippen LogP contribution in [0, 0.1) is 17.4 Å². The lowest BCUT2D eigenvalue weighted by Crippen LogP contribution is -2.04. The van der Waals surface area contributed by atoms with Crippen LogP contribution in [0.2, 0.25) is 0 Å². The molecule has 0 amide bonds. The molecule has 4 nitrogen and oxygen atoms in total. The summed E-state index contributed by atoms with van der Waals surface area (Å²) < 4.78 is 3.14. The number of aromatic nitrogens is 2. The van der Waals surface area contributed by atoms with Gasteiger partial charge in [-0.05, 0) is 54.1 Å². The fourth-order valence-corrected chi connectivity index (χ4v) is 2.99. The molecule has 0 aliphatic heterocycles. The smallest absolute Gasteiger partial charge is 0.313 e. The van der Waals surface area contributed by atoms with Crippen LogP contribution in [0.5, 0.6) is 0 Å². The van der Waals surface area contributed by atoms with Gasteiger partial charge in [0.15, 0.2) is 5.16 Å². The number of carboxylic acids is 1. The Hall–Kier alpha value is -1.02. The van der Waals surface area contributed by atoms with Crippen molar-refractivity contribution in [1.29, 1.82) is 0 Å². The minimum absolute atomic E-state index is 0.0133. The maximum absolute atomic E-state index is 10.7. The minimum atomic E-state index is -0.837. The molecule has 0 atom stereocenters. The van der Waals surface area contributed by atoms with Gasteiger partial charge in [0.05, 0.1) is 11.4 Å². The molecule has 1 N–H and O–H groups in total. The van der Waals surface area contributed by atoms with Crippen molar-refractivity contribution in [2.24, 2.45) is 0 Å². The molecule has 6 heteroatoms. The van der Waals surface area contributed by atoms with E-state index in [-0.39, 0.29) is 5.75 Å². The van der Waals surface area contributed by atoms with Crippen molar-refractivity contribution < 1.29 is 9.90 Å². The number of imidazole rings is 1. The second-order valence-corrected chi connectivity index (χ2v) is 6.32. The molecule has 2 aromatic rings. The number of thioether (sulfide) groups is 1. The van der Waals surface area contributed by atoms with Gasteiger partial charge in [-0.25, -0.2) is 4.98 Å². The number of rotatable bonds is 4. The van der Waals surface area contributed by atoms with E-state index in [1.807, 2.05) is 18.4 Å². The van der Waals surface area contributed by atoms with Crippen LogP contribution in [0.25, 0.3) is 5.69 Å². The SMILES string of the molecule is Cc1ccc(I)cc1-n1c(C)cnc1SCC(=O)O. The summed E-state index contributed by atoms with van der Waals surface area (Å²) >= 11 is 3.50. The van der Waals surface area contributed by atoms with Gasteiger partial charge >= 0.3 is 5.97 Å². The van der Waals surface area contributed by atoms with Crippen molar-refractivity contribution in [2.45, 2.75) is 19.0 Å². The molecule has 100 valence electrons. The van der Waals surface area contributed by atoms with Gasteiger partial charge in [-0.15, -0.1) is 0 Å². The quantitative estimate of drug-likeness (QED) is 0.645. The largest absolute Gasteiger partial charge is 0.481 e. The van der Waals surface area contributed by atoms with Gasteiger partial charge in [0.2, 0.25) is 0 Å². The number of benzene rings is 1. The summed E-state index contributed by atoms with van der Waals surface area (Å²) in [7, 11) is 0. The molecule has 19 heavy (non-hydrogen) atoms. The number of halogens is 1. The highest BCUT2D eigenvalue weighted by atomic mass is 127. The van der Waals surface area contributed by atoms with E-state index in [0.29, 0.717) is 5.16 Å². The van der Waals surface area contributed by atoms with E-state index in [1.165, 1.54) is 11.8 Å². The lowest BCUT2D eigenvalue weighted by molar-refractivity contribution is -0.133. The monoisotopic (exact) mass is 388 g/mol. The van der Waals surface area contributed by atoms with Crippen LogP contribution in [-0.4, -0.2) is 26.4 Å². The third-order valence-electron chi connectivity index (χ3n) is 2.64. The molecule has 2 rings (SSSR count). The molecule has 0 aliphatic rings. The second-order valence-electron chi connectivity index (χ2n) is 4.13. The lowest BCUT2D eigenvalue weighted by atomic mass is 10.2. The van der Waals surface area contributed by atoms with Crippen LogP contribution in [0.3, 0.4) is 0 Å². The van der Waals surface area contributed by atoms with E-state index < -0.39 is 5.97 Å². The third-order valence-corrected chi connectivity index (χ3v) is 4.25. The van der Waals surface area contributed by atoms with Crippen molar-refractivity contribution in [1.82, 2.24) is 9.55 Å². The van der Waals surface area contributed by atoms with E-state index in [4.69, 9.17) is 5.11 Å². The van der Waals surface area contributed by atoms with E-state index in [9.17, 15) is 4.79 Å². The number of nitrogens with zero attached hydrogens (tertiary/aromatic N) is 2. The van der Waals surface area contributed by atoms with Crippen LogP contribution in [0.1, 0.15) is 11.3 Å². The second kappa shape index (κ2) is 5.96. The number of hydrogen-bond donors (Lipinski definition) is 1. The first-order valence-corrected chi connectivity index (χ1v) is 7.71. The summed E-state index contributed by atoms with van der Waals surface area (Å²) in [6.07, 6.45) is 1.77. The van der Waals surface area contributed by atoms with Crippen molar-refractivity contribution in [3.8, 4) is 5.69 Å². The topological polar surface area (TPSA) is 55.1 Å². The first kappa shape index (κ1) is 14.4. The van der Waals surface area contributed by atoms with E-state index in [2.05, 4.69) is 45.8 Å². The molecule has 0 radical (unpaired) electrons. The van der Waals surface area contributed by atoms with Crippen LogP contribution in [-0.2, 0) is 4.79 Å². The van der Waals surface area contributed by atoms with Crippen molar-refractivity contribution in [3.63, 3.8) is 0 Å². The zero-order chi connectivity index (χ0) is 14.0. The molecule has 0 unspecified atom stereocenters. The number of carbonyl (C=O) groups is 1. The fraction of sp³-hybridized carbons (Fsp3) is 0.231. The Morgan fingerprint density at radius 2 is 2.21 bits per heavy atom. The number of aryl methyl sites for hydroxylation is 2. The van der Waals surface area contributed by atoms with E-state index >= 15 is 0 Å². The predicted octanol–water partition coefficient (Wildman–Crippen LogP) is 3.27. The average molecular weight is 388 g/mol. The van der Waals surface area contributed by atoms with Crippen LogP contribution >= 0.6 is 34.4 Å². The Morgan fingerprint density at radius 1 is 1.47 bits per heavy atom. The highest BCUT2D eigenvalue weighted by Crippen LogP contribution is 2.26. The molecule has 0 aliphatic carbocycles. The molecule has 1 aromatic heterocycles. The molecule has 0 fully saturated rings. The summed E-state index contributed by atoms with van der Waals surface area (Å²) in [6, 6.07) is 6.19. The first-order chi connectivity index (χ1) is 8.99. The van der Waals surface area contributed by atoms with Gasteiger partial charge in [-0.3, -0.25) is 9.36 Å². The summed E-state index contributed by atoms with van der Waals surface area (Å²) in [5, 5.41) is 9.50. The third kappa shape index (κ3) is 3.30. The molecule has 0 saturated carbocycles. The number of aliphatic carboxylic acids is 1. The molecule has 0 saturated heterocycles. The predicted molar refractivity (Wildman–Crippen MR) is 84.1 cm³/mol. The Bertz CT molecular complexity index is 625.